The van der Waals surface area contributed by atoms with Gasteiger partial charge in [-0.1, -0.05) is 24.3 Å². The fraction of sp³-hybridized carbons (Fsp3) is 0.278. The highest BCUT2D eigenvalue weighted by molar-refractivity contribution is 5.70. The zero-order valence-electron chi connectivity index (χ0n) is 13.3. The second-order valence-electron chi connectivity index (χ2n) is 5.83. The molecule has 1 heterocycles. The van der Waals surface area contributed by atoms with Crippen LogP contribution in [-0.2, 0) is 12.6 Å². The Labute approximate surface area is 143 Å². The van der Waals surface area contributed by atoms with E-state index in [1.165, 1.54) is 17.7 Å². The van der Waals surface area contributed by atoms with Crippen molar-refractivity contribution in [2.45, 2.75) is 25.1 Å². The first-order valence-corrected chi connectivity index (χ1v) is 7.89. The van der Waals surface area contributed by atoms with Gasteiger partial charge in [0.2, 0.25) is 0 Å². The van der Waals surface area contributed by atoms with E-state index in [4.69, 9.17) is 4.74 Å². The third kappa shape index (κ3) is 4.43. The Morgan fingerprint density at radius 2 is 2.00 bits per heavy atom. The lowest BCUT2D eigenvalue weighted by atomic mass is 9.98. The summed E-state index contributed by atoms with van der Waals surface area (Å²) in [5.74, 6) is -0.144. The Kier molecular flexibility index (Phi) is 4.83. The van der Waals surface area contributed by atoms with Crippen molar-refractivity contribution >= 4 is 11.8 Å². The van der Waals surface area contributed by atoms with Gasteiger partial charge in [0.05, 0.1) is 5.56 Å². The number of ether oxygens (including phenoxy) is 1. The van der Waals surface area contributed by atoms with Gasteiger partial charge in [0.15, 0.2) is 0 Å². The van der Waals surface area contributed by atoms with Crippen LogP contribution in [0.2, 0.25) is 0 Å². The van der Waals surface area contributed by atoms with Crippen LogP contribution >= 0.6 is 0 Å². The molecule has 0 aliphatic carbocycles. The molecule has 0 bridgehead atoms. The van der Waals surface area contributed by atoms with E-state index in [1.54, 1.807) is 0 Å². The molecule has 0 saturated carbocycles. The van der Waals surface area contributed by atoms with E-state index in [0.29, 0.717) is 6.54 Å². The van der Waals surface area contributed by atoms with Crippen LogP contribution in [0.3, 0.4) is 0 Å². The van der Waals surface area contributed by atoms with Gasteiger partial charge in [0.1, 0.15) is 5.75 Å². The predicted octanol–water partition coefficient (Wildman–Crippen LogP) is 4.22. The van der Waals surface area contributed by atoms with Gasteiger partial charge in [-0.15, -0.1) is 0 Å². The van der Waals surface area contributed by atoms with Crippen molar-refractivity contribution in [3.8, 4) is 5.75 Å². The molecule has 1 aliphatic rings. The monoisotopic (exact) mass is 350 g/mol. The van der Waals surface area contributed by atoms with Crippen molar-refractivity contribution in [1.29, 1.82) is 0 Å². The molecule has 1 amide bonds. The number of hydrogen-bond acceptors (Lipinski definition) is 3. The van der Waals surface area contributed by atoms with Crippen molar-refractivity contribution in [3.05, 3.63) is 59.7 Å². The molecule has 1 aliphatic heterocycles. The highest BCUT2D eigenvalue weighted by Crippen LogP contribution is 2.31. The number of nitrogens with one attached hydrogen (secondary N) is 2. The van der Waals surface area contributed by atoms with Gasteiger partial charge in [-0.2, -0.15) is 13.2 Å². The van der Waals surface area contributed by atoms with E-state index in [0.717, 1.165) is 30.7 Å². The Balaban J connectivity index is 1.52. The molecule has 25 heavy (non-hydrogen) atoms. The SMILES string of the molecule is O=C(NCC1CCc2ccccc2N1)Oc1cccc(C(F)(F)F)c1. The number of benzene rings is 2. The van der Waals surface area contributed by atoms with Crippen LogP contribution in [0.4, 0.5) is 23.7 Å². The number of rotatable bonds is 3. The minimum absolute atomic E-state index is 0.0453. The Morgan fingerprint density at radius 3 is 2.80 bits per heavy atom. The van der Waals surface area contributed by atoms with Crippen LogP contribution < -0.4 is 15.4 Å². The van der Waals surface area contributed by atoms with Gasteiger partial charge in [0.25, 0.3) is 0 Å². The lowest BCUT2D eigenvalue weighted by Gasteiger charge is -2.27. The van der Waals surface area contributed by atoms with Gasteiger partial charge >= 0.3 is 12.3 Å². The van der Waals surface area contributed by atoms with Crippen molar-refractivity contribution < 1.29 is 22.7 Å². The maximum absolute atomic E-state index is 12.7. The van der Waals surface area contributed by atoms with E-state index < -0.39 is 17.8 Å². The topological polar surface area (TPSA) is 50.4 Å². The third-order valence-electron chi connectivity index (χ3n) is 4.00. The maximum atomic E-state index is 12.7. The molecular formula is C18H17F3N2O2. The zero-order chi connectivity index (χ0) is 17.9. The number of fused-ring (bicyclic) bond motifs is 1. The average Bonchev–Trinajstić information content (AvgIpc) is 2.59. The number of carbonyl (C=O) groups excluding carboxylic acids is 1. The molecule has 0 fully saturated rings. The summed E-state index contributed by atoms with van der Waals surface area (Å²) in [6.07, 6.45) is -3.51. The molecule has 0 spiro atoms. The summed E-state index contributed by atoms with van der Waals surface area (Å²) in [5.41, 5.74) is 1.40. The number of para-hydroxylation sites is 1. The first kappa shape index (κ1) is 17.1. The highest BCUT2D eigenvalue weighted by Gasteiger charge is 2.30. The fourth-order valence-corrected chi connectivity index (χ4v) is 2.74. The highest BCUT2D eigenvalue weighted by atomic mass is 19.4. The average molecular weight is 350 g/mol. The molecule has 2 aromatic carbocycles. The lowest BCUT2D eigenvalue weighted by Crippen LogP contribution is -2.39. The summed E-state index contributed by atoms with van der Waals surface area (Å²) in [5, 5.41) is 5.91. The van der Waals surface area contributed by atoms with Crippen LogP contribution in [0, 0.1) is 0 Å². The number of alkyl halides is 3. The second-order valence-corrected chi connectivity index (χ2v) is 5.83. The quantitative estimate of drug-likeness (QED) is 0.871. The van der Waals surface area contributed by atoms with Crippen LogP contribution in [-0.4, -0.2) is 18.7 Å². The molecule has 3 rings (SSSR count). The number of anilines is 1. The van der Waals surface area contributed by atoms with Crippen molar-refractivity contribution in [3.63, 3.8) is 0 Å². The number of amides is 1. The molecule has 7 heteroatoms. The van der Waals surface area contributed by atoms with Crippen LogP contribution in [0.1, 0.15) is 17.5 Å². The number of carbonyl (C=O) groups is 1. The van der Waals surface area contributed by atoms with Crippen LogP contribution in [0.15, 0.2) is 48.5 Å². The maximum Gasteiger partial charge on any atom is 0.416 e. The normalized spacial score (nSPS) is 16.5. The summed E-state index contributed by atoms with van der Waals surface area (Å²) in [4.78, 5) is 11.8. The number of aryl methyl sites for hydroxylation is 1. The van der Waals surface area contributed by atoms with Crippen molar-refractivity contribution in [1.82, 2.24) is 5.32 Å². The molecule has 1 unspecified atom stereocenters. The largest absolute Gasteiger partial charge is 0.416 e. The standard InChI is InChI=1S/C18H17F3N2O2/c19-18(20,21)13-5-3-6-15(10-13)25-17(24)22-11-14-9-8-12-4-1-2-7-16(12)23-14/h1-7,10,14,23H,8-9,11H2,(H,22,24). The summed E-state index contributed by atoms with van der Waals surface area (Å²) in [6.45, 7) is 0.326. The van der Waals surface area contributed by atoms with Gasteiger partial charge in [-0.05, 0) is 42.7 Å². The summed E-state index contributed by atoms with van der Waals surface area (Å²) < 4.78 is 42.9. The second kappa shape index (κ2) is 7.04. The van der Waals surface area contributed by atoms with Crippen molar-refractivity contribution in [2.24, 2.45) is 0 Å². The minimum Gasteiger partial charge on any atom is -0.410 e. The Morgan fingerprint density at radius 1 is 1.20 bits per heavy atom. The van der Waals surface area contributed by atoms with Crippen LogP contribution in [0.25, 0.3) is 0 Å². The Bertz CT molecular complexity index is 762. The minimum atomic E-state index is -4.48. The van der Waals surface area contributed by atoms with Gasteiger partial charge in [-0.25, -0.2) is 4.79 Å². The van der Waals surface area contributed by atoms with Gasteiger partial charge in [0, 0.05) is 18.3 Å². The molecule has 4 nitrogen and oxygen atoms in total. The van der Waals surface area contributed by atoms with E-state index in [1.807, 2.05) is 24.3 Å². The number of halogens is 3. The molecule has 132 valence electrons. The van der Waals surface area contributed by atoms with Crippen molar-refractivity contribution in [2.75, 3.05) is 11.9 Å². The lowest BCUT2D eigenvalue weighted by molar-refractivity contribution is -0.137. The fourth-order valence-electron chi connectivity index (χ4n) is 2.74. The van der Waals surface area contributed by atoms with E-state index in [9.17, 15) is 18.0 Å². The molecule has 0 saturated heterocycles. The van der Waals surface area contributed by atoms with Gasteiger partial charge in [-0.3, -0.25) is 0 Å². The summed E-state index contributed by atoms with van der Waals surface area (Å²) in [7, 11) is 0. The van der Waals surface area contributed by atoms with E-state index in [-0.39, 0.29) is 11.8 Å². The smallest absolute Gasteiger partial charge is 0.410 e. The van der Waals surface area contributed by atoms with Gasteiger partial charge < -0.3 is 15.4 Å². The summed E-state index contributed by atoms with van der Waals surface area (Å²) >= 11 is 0. The van der Waals surface area contributed by atoms with E-state index in [2.05, 4.69) is 10.6 Å². The first-order chi connectivity index (χ1) is 11.9. The third-order valence-corrected chi connectivity index (χ3v) is 4.00. The molecule has 2 N–H and O–H groups in total. The van der Waals surface area contributed by atoms with Crippen LogP contribution in [0.5, 0.6) is 5.75 Å². The molecule has 2 aromatic rings. The molecule has 0 aromatic heterocycles. The Hall–Kier alpha value is -2.70. The molecule has 1 atom stereocenters. The predicted molar refractivity (Wildman–Crippen MR) is 87.6 cm³/mol. The zero-order valence-corrected chi connectivity index (χ0v) is 13.3. The first-order valence-electron chi connectivity index (χ1n) is 7.89. The molecule has 0 radical (unpaired) electrons. The molecular weight excluding hydrogens is 333 g/mol. The number of hydrogen-bond donors (Lipinski definition) is 2. The summed E-state index contributed by atoms with van der Waals surface area (Å²) in [6, 6.07) is 12.2. The van der Waals surface area contributed by atoms with E-state index >= 15 is 0 Å².